The van der Waals surface area contributed by atoms with Crippen molar-refractivity contribution in [1.29, 1.82) is 0 Å². The van der Waals surface area contributed by atoms with Gasteiger partial charge in [0.2, 0.25) is 0 Å². The molecule has 150 valence electrons. The molecule has 6 heteroatoms. The van der Waals surface area contributed by atoms with Crippen molar-refractivity contribution in [2.24, 2.45) is 7.05 Å². The van der Waals surface area contributed by atoms with Crippen LogP contribution in [-0.2, 0) is 7.05 Å². The van der Waals surface area contributed by atoms with Crippen LogP contribution in [0.2, 0.25) is 0 Å². The third-order valence-corrected chi connectivity index (χ3v) is 5.94. The Hall–Kier alpha value is -2.86. The number of aromatic nitrogens is 2. The smallest absolute Gasteiger partial charge is 0.170 e. The Morgan fingerprint density at radius 3 is 2.55 bits per heavy atom. The molecular weight excluding hydrogens is 378 g/mol. The van der Waals surface area contributed by atoms with Gasteiger partial charge in [0.15, 0.2) is 5.11 Å². The van der Waals surface area contributed by atoms with E-state index in [4.69, 9.17) is 12.2 Å². The number of pyridine rings is 1. The van der Waals surface area contributed by atoms with E-state index in [0.29, 0.717) is 0 Å². The molecule has 4 rings (SSSR count). The molecule has 1 aliphatic rings. The zero-order valence-electron chi connectivity index (χ0n) is 16.9. The lowest BCUT2D eigenvalue weighted by atomic mass is 10.0. The molecule has 2 N–H and O–H groups in total. The second-order valence-electron chi connectivity index (χ2n) is 7.42. The van der Waals surface area contributed by atoms with Gasteiger partial charge >= 0.3 is 0 Å². The van der Waals surface area contributed by atoms with Crippen molar-refractivity contribution >= 4 is 23.0 Å². The van der Waals surface area contributed by atoms with Gasteiger partial charge in [-0.15, -0.1) is 0 Å². The fourth-order valence-electron chi connectivity index (χ4n) is 3.94. The molecule has 1 fully saturated rings. The molecule has 3 heterocycles. The van der Waals surface area contributed by atoms with Gasteiger partial charge in [-0.05, 0) is 62.0 Å². The number of benzene rings is 1. The average Bonchev–Trinajstić information content (AvgIpc) is 3.25. The van der Waals surface area contributed by atoms with Crippen LogP contribution in [0.1, 0.15) is 35.6 Å². The Morgan fingerprint density at radius 2 is 1.86 bits per heavy atom. The lowest BCUT2D eigenvalue weighted by molar-refractivity contribution is 0.304. The number of nitrogens with one attached hydrogen (secondary N) is 2. The monoisotopic (exact) mass is 405 g/mol. The Labute approximate surface area is 177 Å². The molecule has 1 saturated heterocycles. The molecule has 0 saturated carbocycles. The summed E-state index contributed by atoms with van der Waals surface area (Å²) in [5.41, 5.74) is 4.66. The summed E-state index contributed by atoms with van der Waals surface area (Å²) < 4.78 is 2.26. The SMILES string of the molecule is Cc1ccc([C@@H]2[C@H](c3ccccn3)NC(=S)N2CCCNc2ccccc2)n1C. The number of hydrogen-bond donors (Lipinski definition) is 2. The van der Waals surface area contributed by atoms with E-state index in [1.165, 1.54) is 11.4 Å². The first-order chi connectivity index (χ1) is 14.1. The van der Waals surface area contributed by atoms with Crippen LogP contribution in [0.15, 0.2) is 66.9 Å². The fourth-order valence-corrected chi connectivity index (χ4v) is 4.27. The molecule has 3 aromatic rings. The van der Waals surface area contributed by atoms with Gasteiger partial charge in [0.25, 0.3) is 0 Å². The zero-order valence-corrected chi connectivity index (χ0v) is 17.7. The summed E-state index contributed by atoms with van der Waals surface area (Å²) in [6.07, 6.45) is 2.84. The van der Waals surface area contributed by atoms with Crippen molar-refractivity contribution < 1.29 is 0 Å². The van der Waals surface area contributed by atoms with E-state index in [-0.39, 0.29) is 12.1 Å². The first-order valence-corrected chi connectivity index (χ1v) is 10.4. The Balaban J connectivity index is 1.52. The van der Waals surface area contributed by atoms with Crippen molar-refractivity contribution in [3.8, 4) is 0 Å². The molecule has 2 aromatic heterocycles. The maximum Gasteiger partial charge on any atom is 0.170 e. The van der Waals surface area contributed by atoms with E-state index >= 15 is 0 Å². The lowest BCUT2D eigenvalue weighted by Crippen LogP contribution is -2.32. The van der Waals surface area contributed by atoms with Crippen molar-refractivity contribution in [2.45, 2.75) is 25.4 Å². The van der Waals surface area contributed by atoms with Crippen LogP contribution in [0.25, 0.3) is 0 Å². The van der Waals surface area contributed by atoms with Crippen LogP contribution in [0, 0.1) is 6.92 Å². The highest BCUT2D eigenvalue weighted by Crippen LogP contribution is 2.38. The molecule has 29 heavy (non-hydrogen) atoms. The minimum Gasteiger partial charge on any atom is -0.385 e. The van der Waals surface area contributed by atoms with Crippen LogP contribution in [0.4, 0.5) is 5.69 Å². The van der Waals surface area contributed by atoms with Gasteiger partial charge in [-0.2, -0.15) is 0 Å². The number of para-hydroxylation sites is 1. The number of nitrogens with zero attached hydrogens (tertiary/aromatic N) is 3. The largest absolute Gasteiger partial charge is 0.385 e. The van der Waals surface area contributed by atoms with Crippen LogP contribution in [0.5, 0.6) is 0 Å². The van der Waals surface area contributed by atoms with Crippen molar-refractivity contribution in [3.05, 3.63) is 83.9 Å². The van der Waals surface area contributed by atoms with Gasteiger partial charge < -0.3 is 20.1 Å². The Kier molecular flexibility index (Phi) is 5.81. The molecule has 0 radical (unpaired) electrons. The molecule has 0 bridgehead atoms. The van der Waals surface area contributed by atoms with Gasteiger partial charge in [0.1, 0.15) is 0 Å². The summed E-state index contributed by atoms with van der Waals surface area (Å²) in [7, 11) is 2.12. The van der Waals surface area contributed by atoms with Gasteiger partial charge in [-0.1, -0.05) is 24.3 Å². The molecule has 0 amide bonds. The van der Waals surface area contributed by atoms with Crippen molar-refractivity contribution in [3.63, 3.8) is 0 Å². The third-order valence-electron chi connectivity index (χ3n) is 5.59. The number of thiocarbonyl (C=S) groups is 1. The van der Waals surface area contributed by atoms with Gasteiger partial charge in [-0.25, -0.2) is 0 Å². The minimum atomic E-state index is 0.0405. The van der Waals surface area contributed by atoms with E-state index in [1.807, 2.05) is 36.5 Å². The summed E-state index contributed by atoms with van der Waals surface area (Å²) >= 11 is 5.75. The number of anilines is 1. The van der Waals surface area contributed by atoms with Gasteiger partial charge in [0.05, 0.1) is 17.8 Å². The van der Waals surface area contributed by atoms with E-state index < -0.39 is 0 Å². The van der Waals surface area contributed by atoms with Gasteiger partial charge in [0, 0.05) is 43.4 Å². The van der Waals surface area contributed by atoms with Crippen LogP contribution < -0.4 is 10.6 Å². The highest BCUT2D eigenvalue weighted by molar-refractivity contribution is 7.80. The number of rotatable bonds is 7. The molecule has 0 aliphatic carbocycles. The standard InChI is InChI=1S/C23H27N5S/c1-17-12-13-20(27(17)2)22-21(19-11-6-7-14-25-19)26-23(29)28(22)16-8-15-24-18-9-4-3-5-10-18/h3-7,9-14,21-22,24H,8,15-16H2,1-2H3,(H,26,29)/t21-,22+/m0/s1. The molecule has 0 unspecified atom stereocenters. The van der Waals surface area contributed by atoms with Crippen LogP contribution >= 0.6 is 12.2 Å². The predicted octanol–water partition coefficient (Wildman–Crippen LogP) is 4.20. The highest BCUT2D eigenvalue weighted by atomic mass is 32.1. The minimum absolute atomic E-state index is 0.0405. The normalized spacial score (nSPS) is 18.7. The molecule has 1 aliphatic heterocycles. The summed E-state index contributed by atoms with van der Waals surface area (Å²) in [5.74, 6) is 0. The summed E-state index contributed by atoms with van der Waals surface area (Å²) in [4.78, 5) is 6.92. The van der Waals surface area contributed by atoms with Crippen molar-refractivity contribution in [2.75, 3.05) is 18.4 Å². The van der Waals surface area contributed by atoms with Crippen LogP contribution in [0.3, 0.4) is 0 Å². The second kappa shape index (κ2) is 8.66. The molecule has 5 nitrogen and oxygen atoms in total. The van der Waals surface area contributed by atoms with Crippen molar-refractivity contribution in [1.82, 2.24) is 19.8 Å². The first kappa shape index (κ1) is 19.5. The predicted molar refractivity (Wildman–Crippen MR) is 122 cm³/mol. The quantitative estimate of drug-likeness (QED) is 0.456. The second-order valence-corrected chi connectivity index (χ2v) is 7.81. The maximum atomic E-state index is 5.75. The summed E-state index contributed by atoms with van der Waals surface area (Å²) in [6, 6.07) is 20.9. The Bertz CT molecular complexity index is 954. The number of hydrogen-bond acceptors (Lipinski definition) is 3. The van der Waals surface area contributed by atoms with Gasteiger partial charge in [-0.3, -0.25) is 4.98 Å². The average molecular weight is 406 g/mol. The van der Waals surface area contributed by atoms with E-state index in [9.17, 15) is 0 Å². The Morgan fingerprint density at radius 1 is 1.07 bits per heavy atom. The molecular formula is C23H27N5S. The summed E-state index contributed by atoms with van der Waals surface area (Å²) in [6.45, 7) is 3.91. The maximum absolute atomic E-state index is 5.75. The van der Waals surface area contributed by atoms with E-state index in [2.05, 4.69) is 69.4 Å². The topological polar surface area (TPSA) is 45.1 Å². The summed E-state index contributed by atoms with van der Waals surface area (Å²) in [5, 5.41) is 7.81. The highest BCUT2D eigenvalue weighted by Gasteiger charge is 2.40. The molecule has 1 aromatic carbocycles. The first-order valence-electron chi connectivity index (χ1n) is 10.0. The molecule has 2 atom stereocenters. The fraction of sp³-hybridized carbons (Fsp3) is 0.304. The zero-order chi connectivity index (χ0) is 20.2. The van der Waals surface area contributed by atoms with E-state index in [1.54, 1.807) is 0 Å². The van der Waals surface area contributed by atoms with Crippen LogP contribution in [-0.4, -0.2) is 32.7 Å². The van der Waals surface area contributed by atoms with E-state index in [0.717, 1.165) is 36.0 Å². The molecule has 0 spiro atoms. The lowest BCUT2D eigenvalue weighted by Gasteiger charge is -2.28. The third kappa shape index (κ3) is 4.12. The number of aryl methyl sites for hydroxylation is 1.